The first-order valence-electron chi connectivity index (χ1n) is 7.65. The Labute approximate surface area is 137 Å². The molecule has 2 aromatic heterocycles. The molecule has 0 fully saturated rings. The third-order valence-corrected chi connectivity index (χ3v) is 3.98. The molecule has 0 bridgehead atoms. The Morgan fingerprint density at radius 3 is 2.75 bits per heavy atom. The number of rotatable bonds is 2. The molecule has 0 aliphatic carbocycles. The molecular formula is C18H14FN3O2. The van der Waals surface area contributed by atoms with Crippen molar-refractivity contribution in [3.8, 4) is 11.5 Å². The van der Waals surface area contributed by atoms with E-state index in [0.29, 0.717) is 25.4 Å². The van der Waals surface area contributed by atoms with Gasteiger partial charge in [-0.05, 0) is 24.3 Å². The highest BCUT2D eigenvalue weighted by Gasteiger charge is 2.27. The summed E-state index contributed by atoms with van der Waals surface area (Å²) >= 11 is 0. The molecule has 0 atom stereocenters. The van der Waals surface area contributed by atoms with Crippen LogP contribution >= 0.6 is 0 Å². The van der Waals surface area contributed by atoms with Crippen molar-refractivity contribution in [2.75, 3.05) is 6.54 Å². The molecule has 0 unspecified atom stereocenters. The number of carbonyl (C=O) groups excluding carboxylic acids is 1. The molecule has 1 aliphatic heterocycles. The summed E-state index contributed by atoms with van der Waals surface area (Å²) in [5.74, 6) is 0.682. The Morgan fingerprint density at radius 2 is 2.00 bits per heavy atom. The third kappa shape index (κ3) is 2.67. The van der Waals surface area contributed by atoms with Gasteiger partial charge in [0, 0.05) is 18.5 Å². The highest BCUT2D eigenvalue weighted by atomic mass is 19.1. The first kappa shape index (κ1) is 14.6. The van der Waals surface area contributed by atoms with Gasteiger partial charge < -0.3 is 9.32 Å². The van der Waals surface area contributed by atoms with Crippen LogP contribution in [-0.4, -0.2) is 27.3 Å². The average Bonchev–Trinajstić information content (AvgIpc) is 3.06. The predicted octanol–water partition coefficient (Wildman–Crippen LogP) is 3.07. The second-order valence-corrected chi connectivity index (χ2v) is 5.59. The number of hydrogen-bond donors (Lipinski definition) is 0. The number of pyridine rings is 1. The normalized spacial score (nSPS) is 13.6. The standard InChI is InChI=1S/C18H14FN3O2/c19-13-6-7-14(20-10-13)18(23)22-9-8-16-15(11-22)21-17(24-16)12-4-2-1-3-5-12/h1-7,10H,8-9,11H2. The van der Waals surface area contributed by atoms with E-state index in [1.807, 2.05) is 30.3 Å². The molecule has 0 N–H and O–H groups in total. The lowest BCUT2D eigenvalue weighted by atomic mass is 10.1. The number of oxazole rings is 1. The number of fused-ring (bicyclic) bond motifs is 1. The monoisotopic (exact) mass is 323 g/mol. The first-order valence-corrected chi connectivity index (χ1v) is 7.65. The highest BCUT2D eigenvalue weighted by Crippen LogP contribution is 2.26. The maximum Gasteiger partial charge on any atom is 0.272 e. The minimum atomic E-state index is -0.462. The fraction of sp³-hybridized carbons (Fsp3) is 0.167. The largest absolute Gasteiger partial charge is 0.441 e. The van der Waals surface area contributed by atoms with E-state index in [9.17, 15) is 9.18 Å². The van der Waals surface area contributed by atoms with Crippen molar-refractivity contribution in [2.24, 2.45) is 0 Å². The third-order valence-electron chi connectivity index (χ3n) is 3.98. The quantitative estimate of drug-likeness (QED) is 0.727. The number of nitrogens with zero attached hydrogens (tertiary/aromatic N) is 3. The van der Waals surface area contributed by atoms with Crippen molar-refractivity contribution in [1.82, 2.24) is 14.9 Å². The van der Waals surface area contributed by atoms with Crippen LogP contribution in [0, 0.1) is 5.82 Å². The van der Waals surface area contributed by atoms with Crippen molar-refractivity contribution >= 4 is 5.91 Å². The molecular weight excluding hydrogens is 309 g/mol. The minimum Gasteiger partial charge on any atom is -0.441 e. The summed E-state index contributed by atoms with van der Waals surface area (Å²) in [5, 5.41) is 0. The summed E-state index contributed by atoms with van der Waals surface area (Å²) in [5.41, 5.74) is 1.90. The summed E-state index contributed by atoms with van der Waals surface area (Å²) in [6, 6.07) is 12.3. The second kappa shape index (κ2) is 5.88. The molecule has 3 heterocycles. The maximum absolute atomic E-state index is 12.9. The molecule has 1 amide bonds. The average molecular weight is 323 g/mol. The van der Waals surface area contributed by atoms with Gasteiger partial charge in [0.05, 0.1) is 12.7 Å². The summed E-state index contributed by atoms with van der Waals surface area (Å²) in [6.45, 7) is 0.887. The van der Waals surface area contributed by atoms with E-state index in [0.717, 1.165) is 23.2 Å². The van der Waals surface area contributed by atoms with E-state index < -0.39 is 5.82 Å². The fourth-order valence-electron chi connectivity index (χ4n) is 2.74. The van der Waals surface area contributed by atoms with Crippen LogP contribution in [0.1, 0.15) is 21.9 Å². The van der Waals surface area contributed by atoms with E-state index in [-0.39, 0.29) is 11.6 Å². The molecule has 0 saturated carbocycles. The molecule has 5 nitrogen and oxygen atoms in total. The first-order chi connectivity index (χ1) is 11.7. The zero-order valence-electron chi connectivity index (χ0n) is 12.8. The zero-order valence-corrected chi connectivity index (χ0v) is 12.8. The molecule has 1 aliphatic rings. The number of hydrogen-bond acceptors (Lipinski definition) is 4. The molecule has 0 spiro atoms. The molecule has 3 aromatic rings. The van der Waals surface area contributed by atoms with Gasteiger partial charge in [-0.25, -0.2) is 14.4 Å². The number of halogens is 1. The lowest BCUT2D eigenvalue weighted by Gasteiger charge is -2.24. The van der Waals surface area contributed by atoms with E-state index in [1.54, 1.807) is 4.90 Å². The zero-order chi connectivity index (χ0) is 16.5. The van der Waals surface area contributed by atoms with Gasteiger partial charge in [0.2, 0.25) is 5.89 Å². The molecule has 4 rings (SSSR count). The molecule has 0 radical (unpaired) electrons. The summed E-state index contributed by atoms with van der Waals surface area (Å²) in [4.78, 5) is 22.5. The summed E-state index contributed by atoms with van der Waals surface area (Å²) in [7, 11) is 0. The number of amides is 1. The molecule has 0 saturated heterocycles. The van der Waals surface area contributed by atoms with Gasteiger partial charge in [0.25, 0.3) is 5.91 Å². The topological polar surface area (TPSA) is 59.2 Å². The minimum absolute atomic E-state index is 0.228. The molecule has 120 valence electrons. The lowest BCUT2D eigenvalue weighted by molar-refractivity contribution is 0.0722. The van der Waals surface area contributed by atoms with Crippen LogP contribution in [0.4, 0.5) is 4.39 Å². The van der Waals surface area contributed by atoms with Crippen molar-refractivity contribution in [3.63, 3.8) is 0 Å². The van der Waals surface area contributed by atoms with E-state index in [4.69, 9.17) is 4.42 Å². The van der Waals surface area contributed by atoms with Gasteiger partial charge in [0.1, 0.15) is 23.0 Å². The predicted molar refractivity (Wildman–Crippen MR) is 84.6 cm³/mol. The van der Waals surface area contributed by atoms with Crippen LogP contribution in [0.25, 0.3) is 11.5 Å². The Kier molecular flexibility index (Phi) is 3.57. The van der Waals surface area contributed by atoms with Gasteiger partial charge in [0.15, 0.2) is 0 Å². The van der Waals surface area contributed by atoms with Crippen LogP contribution in [0.3, 0.4) is 0 Å². The molecule has 1 aromatic carbocycles. The summed E-state index contributed by atoms with van der Waals surface area (Å²) < 4.78 is 18.8. The molecule has 24 heavy (non-hydrogen) atoms. The summed E-state index contributed by atoms with van der Waals surface area (Å²) in [6.07, 6.45) is 1.65. The number of carbonyl (C=O) groups is 1. The van der Waals surface area contributed by atoms with Crippen LogP contribution in [0.2, 0.25) is 0 Å². The second-order valence-electron chi connectivity index (χ2n) is 5.59. The highest BCUT2D eigenvalue weighted by molar-refractivity contribution is 5.92. The Bertz CT molecular complexity index is 875. The van der Waals surface area contributed by atoms with E-state index in [2.05, 4.69) is 9.97 Å². The van der Waals surface area contributed by atoms with E-state index >= 15 is 0 Å². The van der Waals surface area contributed by atoms with Gasteiger partial charge >= 0.3 is 0 Å². The van der Waals surface area contributed by atoms with Gasteiger partial charge in [-0.1, -0.05) is 18.2 Å². The van der Waals surface area contributed by atoms with Crippen molar-refractivity contribution < 1.29 is 13.6 Å². The van der Waals surface area contributed by atoms with Crippen molar-refractivity contribution in [2.45, 2.75) is 13.0 Å². The maximum atomic E-state index is 12.9. The SMILES string of the molecule is O=C(c1ccc(F)cn1)N1CCc2oc(-c3ccccc3)nc2C1. The Hall–Kier alpha value is -3.02. The van der Waals surface area contributed by atoms with Crippen LogP contribution < -0.4 is 0 Å². The fourth-order valence-corrected chi connectivity index (χ4v) is 2.74. The van der Waals surface area contributed by atoms with Gasteiger partial charge in [-0.3, -0.25) is 4.79 Å². The Balaban J connectivity index is 1.56. The molecule has 6 heteroatoms. The van der Waals surface area contributed by atoms with Crippen LogP contribution in [-0.2, 0) is 13.0 Å². The number of aromatic nitrogens is 2. The van der Waals surface area contributed by atoms with Gasteiger partial charge in [-0.15, -0.1) is 0 Å². The number of benzene rings is 1. The van der Waals surface area contributed by atoms with Crippen LogP contribution in [0.15, 0.2) is 53.1 Å². The Morgan fingerprint density at radius 1 is 1.17 bits per heavy atom. The van der Waals surface area contributed by atoms with Gasteiger partial charge in [-0.2, -0.15) is 0 Å². The van der Waals surface area contributed by atoms with Crippen molar-refractivity contribution in [3.05, 3.63) is 71.6 Å². The smallest absolute Gasteiger partial charge is 0.272 e. The van der Waals surface area contributed by atoms with E-state index in [1.165, 1.54) is 12.1 Å². The van der Waals surface area contributed by atoms with Crippen LogP contribution in [0.5, 0.6) is 0 Å². The van der Waals surface area contributed by atoms with Crippen molar-refractivity contribution in [1.29, 1.82) is 0 Å². The lowest BCUT2D eigenvalue weighted by Crippen LogP contribution is -2.36.